The third kappa shape index (κ3) is 5.34. The van der Waals surface area contributed by atoms with Crippen LogP contribution in [0.25, 0.3) is 10.4 Å². The lowest BCUT2D eigenvalue weighted by Gasteiger charge is -2.46. The summed E-state index contributed by atoms with van der Waals surface area (Å²) in [4.78, 5) is 48.0. The molecule has 2 saturated carbocycles. The van der Waals surface area contributed by atoms with Gasteiger partial charge in [0, 0.05) is 23.6 Å². The number of carbonyl (C=O) groups excluding carboxylic acids is 3. The quantitative estimate of drug-likeness (QED) is 0.174. The number of aromatic nitrogens is 2. The summed E-state index contributed by atoms with van der Waals surface area (Å²) in [5.41, 5.74) is 0.872. The van der Waals surface area contributed by atoms with Gasteiger partial charge in [-0.1, -0.05) is 32.6 Å². The van der Waals surface area contributed by atoms with E-state index < -0.39 is 30.4 Å². The maximum absolute atomic E-state index is 14.1. The summed E-state index contributed by atoms with van der Waals surface area (Å²) in [6.07, 6.45) is 12.0. The zero-order valence-electron chi connectivity index (χ0n) is 24.3. The second-order valence-corrected chi connectivity index (χ2v) is 13.8. The third-order valence-electron chi connectivity index (χ3n) is 9.29. The second kappa shape index (κ2) is 12.2. The molecule has 0 aromatic carbocycles. The smallest absolute Gasteiger partial charge is 0.431 e. The Morgan fingerprint density at radius 2 is 1.79 bits per heavy atom. The summed E-state index contributed by atoms with van der Waals surface area (Å²) in [5, 5.41) is 11.3. The van der Waals surface area contributed by atoms with Gasteiger partial charge in [-0.3, -0.25) is 9.20 Å². The van der Waals surface area contributed by atoms with Gasteiger partial charge in [0.2, 0.25) is 5.91 Å². The van der Waals surface area contributed by atoms with Crippen LogP contribution in [0, 0.1) is 17.8 Å². The van der Waals surface area contributed by atoms with Gasteiger partial charge in [0.05, 0.1) is 22.9 Å². The van der Waals surface area contributed by atoms with Gasteiger partial charge in [-0.25, -0.2) is 14.6 Å². The van der Waals surface area contributed by atoms with Gasteiger partial charge in [-0.2, -0.15) is 0 Å². The van der Waals surface area contributed by atoms with Crippen LogP contribution >= 0.6 is 23.1 Å². The Bertz CT molecular complexity index is 1370. The van der Waals surface area contributed by atoms with Crippen LogP contribution in [-0.2, 0) is 23.8 Å². The van der Waals surface area contributed by atoms with Crippen molar-refractivity contribution in [2.24, 2.45) is 17.8 Å². The number of thioether (sulfide) groups is 1. The average Bonchev–Trinajstić information content (AvgIpc) is 3.63. The molecule has 0 radical (unpaired) electrons. The molecule has 2 aliphatic carbocycles. The van der Waals surface area contributed by atoms with Gasteiger partial charge in [-0.15, -0.1) is 23.1 Å². The van der Waals surface area contributed by atoms with E-state index in [2.05, 4.69) is 4.98 Å². The average molecular weight is 618 g/mol. The monoisotopic (exact) mass is 617 g/mol. The van der Waals surface area contributed by atoms with Crippen molar-refractivity contribution in [3.05, 3.63) is 23.1 Å². The van der Waals surface area contributed by atoms with E-state index in [9.17, 15) is 19.5 Å². The first-order valence-corrected chi connectivity index (χ1v) is 17.2. The summed E-state index contributed by atoms with van der Waals surface area (Å²) in [5.74, 6) is -1.97. The number of aliphatic hydroxyl groups is 1. The highest BCUT2D eigenvalue weighted by Crippen LogP contribution is 2.52. The highest BCUT2D eigenvalue weighted by Gasteiger charge is 2.60. The van der Waals surface area contributed by atoms with Crippen LogP contribution in [-0.4, -0.2) is 68.2 Å². The molecular weight excluding hydrogens is 578 g/mol. The molecule has 12 heteroatoms. The molecule has 0 spiro atoms. The van der Waals surface area contributed by atoms with Gasteiger partial charge in [0.25, 0.3) is 6.29 Å². The number of fused-ring (bicyclic) bond motifs is 2. The van der Waals surface area contributed by atoms with E-state index in [0.717, 1.165) is 78.9 Å². The molecule has 2 aromatic heterocycles. The summed E-state index contributed by atoms with van der Waals surface area (Å²) in [6.45, 7) is 3.59. The first kappa shape index (κ1) is 29.5. The molecule has 4 heterocycles. The Kier molecular flexibility index (Phi) is 8.57. The van der Waals surface area contributed by atoms with Crippen molar-refractivity contribution in [2.75, 3.05) is 6.26 Å². The number of aliphatic hydroxyl groups excluding tert-OH is 1. The van der Waals surface area contributed by atoms with Crippen LogP contribution in [0.15, 0.2) is 23.2 Å². The fourth-order valence-electron chi connectivity index (χ4n) is 7.15. The van der Waals surface area contributed by atoms with Crippen LogP contribution < -0.4 is 0 Å². The number of thiazole rings is 1. The van der Waals surface area contributed by atoms with E-state index >= 15 is 0 Å². The molecule has 1 N–H and O–H groups in total. The Morgan fingerprint density at radius 1 is 1.10 bits per heavy atom. The Morgan fingerprint density at radius 3 is 2.45 bits per heavy atom. The number of imidazole rings is 1. The molecule has 1 amide bonds. The van der Waals surface area contributed by atoms with Gasteiger partial charge in [0.15, 0.2) is 0 Å². The van der Waals surface area contributed by atoms with Crippen molar-refractivity contribution in [3.8, 4) is 0 Å². The Balaban J connectivity index is 1.31. The fraction of sp³-hybridized carbons (Fsp3) is 0.667. The van der Waals surface area contributed by atoms with E-state index in [4.69, 9.17) is 14.2 Å². The third-order valence-corrected chi connectivity index (χ3v) is 11.2. The summed E-state index contributed by atoms with van der Waals surface area (Å²) < 4.78 is 19.3. The van der Waals surface area contributed by atoms with E-state index in [1.165, 1.54) is 16.2 Å². The molecule has 1 unspecified atom stereocenters. The first-order chi connectivity index (χ1) is 20.3. The van der Waals surface area contributed by atoms with E-state index in [1.807, 2.05) is 23.8 Å². The number of carbonyl (C=O) groups is 3. The molecule has 10 nitrogen and oxygen atoms in total. The molecule has 6 rings (SSSR count). The predicted octanol–water partition coefficient (Wildman–Crippen LogP) is 5.62. The minimum Gasteiger partial charge on any atom is -0.431 e. The zero-order valence-corrected chi connectivity index (χ0v) is 26.0. The molecule has 2 aromatic rings. The zero-order chi connectivity index (χ0) is 29.5. The number of β-lactam (4-membered cyclic amide) rings is 1. The lowest BCUT2D eigenvalue weighted by Crippen LogP contribution is -2.63. The molecular formula is C30H39N3O7S2. The Labute approximate surface area is 253 Å². The minimum absolute atomic E-state index is 0.145. The van der Waals surface area contributed by atoms with E-state index in [-0.39, 0.29) is 35.6 Å². The van der Waals surface area contributed by atoms with E-state index in [0.29, 0.717) is 5.57 Å². The van der Waals surface area contributed by atoms with Crippen LogP contribution in [0.4, 0.5) is 4.79 Å². The SMILES string of the molecule is CSc1ncn2cc(C3=C(C(=O)OC(OC(=O)OC4CCCCC4)C4CCCCC4)N4C(=O)[C@H]([C@@H](C)O)[C@H]4[C@H]3C)sc12. The molecule has 2 aliphatic heterocycles. The van der Waals surface area contributed by atoms with Crippen LogP contribution in [0.2, 0.25) is 0 Å². The lowest BCUT2D eigenvalue weighted by atomic mass is 9.77. The number of amides is 1. The largest absolute Gasteiger partial charge is 0.511 e. The fourth-order valence-corrected chi connectivity index (χ4v) is 9.07. The number of esters is 1. The Hall–Kier alpha value is -2.57. The topological polar surface area (TPSA) is 120 Å². The van der Waals surface area contributed by atoms with Crippen LogP contribution in [0.1, 0.15) is 82.9 Å². The standard InChI is InChI=1S/C30H39N3O7S2/c1-16-21(20-14-32-15-31-25(41-3)27(32)42-20)24(33-23(16)22(17(2)34)26(33)35)28(36)39-29(18-10-6-4-7-11-18)40-30(37)38-19-12-8-5-9-13-19/h14-19,22-23,29,34H,4-13H2,1-3H3/t16-,17+,22+,23+,29?/m0/s1. The molecule has 0 bridgehead atoms. The molecule has 5 atom stereocenters. The van der Waals surface area contributed by atoms with Crippen molar-refractivity contribution in [1.82, 2.24) is 14.3 Å². The van der Waals surface area contributed by atoms with Crippen LogP contribution in [0.3, 0.4) is 0 Å². The molecule has 4 aliphatic rings. The molecule has 3 fully saturated rings. The van der Waals surface area contributed by atoms with Crippen molar-refractivity contribution in [3.63, 3.8) is 0 Å². The van der Waals surface area contributed by atoms with Gasteiger partial charge >= 0.3 is 12.1 Å². The van der Waals surface area contributed by atoms with Gasteiger partial charge < -0.3 is 24.2 Å². The van der Waals surface area contributed by atoms with Gasteiger partial charge in [-0.05, 0) is 51.7 Å². The van der Waals surface area contributed by atoms with Crippen molar-refractivity contribution in [1.29, 1.82) is 0 Å². The summed E-state index contributed by atoms with van der Waals surface area (Å²) in [6, 6.07) is -0.361. The lowest BCUT2D eigenvalue weighted by molar-refractivity contribution is -0.186. The summed E-state index contributed by atoms with van der Waals surface area (Å²) in [7, 11) is 0. The van der Waals surface area contributed by atoms with Crippen molar-refractivity contribution >= 4 is 51.5 Å². The van der Waals surface area contributed by atoms with E-state index in [1.54, 1.807) is 25.0 Å². The number of rotatable bonds is 8. The van der Waals surface area contributed by atoms with Crippen molar-refractivity contribution in [2.45, 2.75) is 108 Å². The molecule has 42 heavy (non-hydrogen) atoms. The molecule has 1 saturated heterocycles. The minimum atomic E-state index is -1.10. The summed E-state index contributed by atoms with van der Waals surface area (Å²) >= 11 is 3.05. The maximum atomic E-state index is 14.1. The van der Waals surface area contributed by atoms with Crippen molar-refractivity contribution < 1.29 is 33.7 Å². The normalized spacial score (nSPS) is 26.6. The van der Waals surface area contributed by atoms with Crippen LogP contribution in [0.5, 0.6) is 0 Å². The van der Waals surface area contributed by atoms with Gasteiger partial charge in [0.1, 0.15) is 28.0 Å². The highest BCUT2D eigenvalue weighted by molar-refractivity contribution is 7.98. The second-order valence-electron chi connectivity index (χ2n) is 12.0. The number of hydrogen-bond donors (Lipinski definition) is 1. The predicted molar refractivity (Wildman–Crippen MR) is 158 cm³/mol. The highest BCUT2D eigenvalue weighted by atomic mass is 32.2. The molecule has 228 valence electrons. The number of hydrogen-bond acceptors (Lipinski definition) is 10. The number of nitrogens with zero attached hydrogens (tertiary/aromatic N) is 3. The first-order valence-electron chi connectivity index (χ1n) is 15.1. The number of ether oxygens (including phenoxy) is 3. The maximum Gasteiger partial charge on any atom is 0.511 e.